The van der Waals surface area contributed by atoms with Gasteiger partial charge in [0.05, 0.1) is 6.26 Å². The molecular formula is C9H13NO2. The van der Waals surface area contributed by atoms with Crippen molar-refractivity contribution in [1.29, 1.82) is 0 Å². The number of furan rings is 1. The third-order valence-electron chi connectivity index (χ3n) is 1.83. The van der Waals surface area contributed by atoms with Crippen molar-refractivity contribution < 1.29 is 9.21 Å². The first kappa shape index (κ1) is 8.84. The number of hydrogen-bond acceptors (Lipinski definition) is 2. The summed E-state index contributed by atoms with van der Waals surface area (Å²) < 4.78 is 4.98. The predicted molar refractivity (Wildman–Crippen MR) is 45.9 cm³/mol. The lowest BCUT2D eigenvalue weighted by Crippen LogP contribution is -2.32. The molecule has 1 amide bonds. The normalized spacial score (nSPS) is 10.3. The molecule has 3 heteroatoms. The maximum atomic E-state index is 11.5. The van der Waals surface area contributed by atoms with Crippen LogP contribution in [0.4, 0.5) is 0 Å². The summed E-state index contributed by atoms with van der Waals surface area (Å²) in [7, 11) is 1.76. The van der Waals surface area contributed by atoms with Gasteiger partial charge < -0.3 is 9.32 Å². The van der Waals surface area contributed by atoms with E-state index in [1.165, 1.54) is 6.26 Å². The molecule has 0 fully saturated rings. The van der Waals surface area contributed by atoms with Gasteiger partial charge in [-0.05, 0) is 26.0 Å². The molecule has 12 heavy (non-hydrogen) atoms. The Morgan fingerprint density at radius 3 is 2.67 bits per heavy atom. The Kier molecular flexibility index (Phi) is 2.53. The first-order chi connectivity index (χ1) is 5.63. The lowest BCUT2D eigenvalue weighted by atomic mass is 10.3. The molecule has 0 saturated carbocycles. The van der Waals surface area contributed by atoms with Gasteiger partial charge in [-0.2, -0.15) is 0 Å². The quantitative estimate of drug-likeness (QED) is 0.672. The summed E-state index contributed by atoms with van der Waals surface area (Å²) in [6.45, 7) is 3.92. The van der Waals surface area contributed by atoms with E-state index in [-0.39, 0.29) is 11.9 Å². The van der Waals surface area contributed by atoms with Crippen LogP contribution in [0.5, 0.6) is 0 Å². The number of carbonyl (C=O) groups excluding carboxylic acids is 1. The van der Waals surface area contributed by atoms with E-state index in [0.29, 0.717) is 5.76 Å². The fourth-order valence-electron chi connectivity index (χ4n) is 0.809. The number of amides is 1. The Bertz CT molecular complexity index is 252. The highest BCUT2D eigenvalue weighted by atomic mass is 16.3. The van der Waals surface area contributed by atoms with Crippen molar-refractivity contribution in [3.8, 4) is 0 Å². The van der Waals surface area contributed by atoms with Gasteiger partial charge in [0.1, 0.15) is 0 Å². The van der Waals surface area contributed by atoms with Crippen LogP contribution in [0.15, 0.2) is 22.8 Å². The summed E-state index contributed by atoms with van der Waals surface area (Å²) in [6, 6.07) is 3.57. The molecule has 66 valence electrons. The van der Waals surface area contributed by atoms with E-state index in [2.05, 4.69) is 0 Å². The van der Waals surface area contributed by atoms with Crippen molar-refractivity contribution in [2.45, 2.75) is 19.9 Å². The summed E-state index contributed by atoms with van der Waals surface area (Å²) >= 11 is 0. The second kappa shape index (κ2) is 3.43. The van der Waals surface area contributed by atoms with Crippen molar-refractivity contribution in [2.24, 2.45) is 0 Å². The van der Waals surface area contributed by atoms with E-state index >= 15 is 0 Å². The molecule has 0 bridgehead atoms. The van der Waals surface area contributed by atoms with E-state index in [1.54, 1.807) is 24.1 Å². The van der Waals surface area contributed by atoms with Gasteiger partial charge in [-0.1, -0.05) is 0 Å². The average Bonchev–Trinajstić information content (AvgIpc) is 2.53. The Morgan fingerprint density at radius 1 is 1.58 bits per heavy atom. The average molecular weight is 167 g/mol. The molecule has 1 heterocycles. The Balaban J connectivity index is 2.72. The smallest absolute Gasteiger partial charge is 0.289 e. The molecule has 1 rings (SSSR count). The van der Waals surface area contributed by atoms with E-state index in [1.807, 2.05) is 13.8 Å². The lowest BCUT2D eigenvalue weighted by Gasteiger charge is -2.19. The zero-order chi connectivity index (χ0) is 9.14. The number of rotatable bonds is 2. The third kappa shape index (κ3) is 1.67. The van der Waals surface area contributed by atoms with Crippen molar-refractivity contribution >= 4 is 5.91 Å². The Labute approximate surface area is 72.0 Å². The van der Waals surface area contributed by atoms with Gasteiger partial charge in [-0.3, -0.25) is 4.79 Å². The van der Waals surface area contributed by atoms with Gasteiger partial charge in [0.25, 0.3) is 5.91 Å². The molecule has 3 nitrogen and oxygen atoms in total. The SMILES string of the molecule is CC(C)N(C)C(=O)c1ccco1. The van der Waals surface area contributed by atoms with Crippen LogP contribution in [-0.2, 0) is 0 Å². The van der Waals surface area contributed by atoms with E-state index in [0.717, 1.165) is 0 Å². The zero-order valence-electron chi connectivity index (χ0n) is 7.57. The third-order valence-corrected chi connectivity index (χ3v) is 1.83. The summed E-state index contributed by atoms with van der Waals surface area (Å²) in [4.78, 5) is 13.1. The van der Waals surface area contributed by atoms with Crippen LogP contribution >= 0.6 is 0 Å². The van der Waals surface area contributed by atoms with Crippen LogP contribution in [0.2, 0.25) is 0 Å². The summed E-state index contributed by atoms with van der Waals surface area (Å²) in [5, 5.41) is 0. The first-order valence-electron chi connectivity index (χ1n) is 3.93. The first-order valence-corrected chi connectivity index (χ1v) is 3.93. The van der Waals surface area contributed by atoms with Gasteiger partial charge in [0.15, 0.2) is 5.76 Å². The molecule has 0 N–H and O–H groups in total. The van der Waals surface area contributed by atoms with Gasteiger partial charge >= 0.3 is 0 Å². The van der Waals surface area contributed by atoms with Gasteiger partial charge in [-0.15, -0.1) is 0 Å². The maximum absolute atomic E-state index is 11.5. The maximum Gasteiger partial charge on any atom is 0.289 e. The molecular weight excluding hydrogens is 154 g/mol. The van der Waals surface area contributed by atoms with Crippen LogP contribution in [0.25, 0.3) is 0 Å². The lowest BCUT2D eigenvalue weighted by molar-refractivity contribution is 0.0723. The number of hydrogen-bond donors (Lipinski definition) is 0. The van der Waals surface area contributed by atoms with Gasteiger partial charge in [0.2, 0.25) is 0 Å². The van der Waals surface area contributed by atoms with Crippen molar-refractivity contribution in [3.05, 3.63) is 24.2 Å². The van der Waals surface area contributed by atoms with E-state index in [4.69, 9.17) is 4.42 Å². The molecule has 0 atom stereocenters. The standard InChI is InChI=1S/C9H13NO2/c1-7(2)10(3)9(11)8-5-4-6-12-8/h4-7H,1-3H3. The van der Waals surface area contributed by atoms with Gasteiger partial charge in [0, 0.05) is 13.1 Å². The largest absolute Gasteiger partial charge is 0.459 e. The number of carbonyl (C=O) groups is 1. The molecule has 0 aliphatic heterocycles. The van der Waals surface area contributed by atoms with Crippen LogP contribution in [-0.4, -0.2) is 23.9 Å². The van der Waals surface area contributed by atoms with Crippen LogP contribution < -0.4 is 0 Å². The fourth-order valence-corrected chi connectivity index (χ4v) is 0.809. The summed E-state index contributed by atoms with van der Waals surface area (Å²) in [6.07, 6.45) is 1.50. The topological polar surface area (TPSA) is 33.5 Å². The van der Waals surface area contributed by atoms with Crippen LogP contribution in [0, 0.1) is 0 Å². The van der Waals surface area contributed by atoms with E-state index < -0.39 is 0 Å². The van der Waals surface area contributed by atoms with Crippen molar-refractivity contribution in [2.75, 3.05) is 7.05 Å². The molecule has 0 saturated heterocycles. The van der Waals surface area contributed by atoms with Gasteiger partial charge in [-0.25, -0.2) is 0 Å². The molecule has 1 aromatic heterocycles. The molecule has 0 aliphatic rings. The van der Waals surface area contributed by atoms with Crippen molar-refractivity contribution in [3.63, 3.8) is 0 Å². The summed E-state index contributed by atoms with van der Waals surface area (Å²) in [5.41, 5.74) is 0. The highest BCUT2D eigenvalue weighted by molar-refractivity contribution is 5.91. The fraction of sp³-hybridized carbons (Fsp3) is 0.444. The summed E-state index contributed by atoms with van der Waals surface area (Å²) in [5.74, 6) is 0.321. The second-order valence-electron chi connectivity index (χ2n) is 2.99. The minimum Gasteiger partial charge on any atom is -0.459 e. The zero-order valence-corrected chi connectivity index (χ0v) is 7.57. The Hall–Kier alpha value is -1.25. The molecule has 0 radical (unpaired) electrons. The second-order valence-corrected chi connectivity index (χ2v) is 2.99. The number of nitrogens with zero attached hydrogens (tertiary/aromatic N) is 1. The highest BCUT2D eigenvalue weighted by Crippen LogP contribution is 2.06. The molecule has 0 spiro atoms. The minimum absolute atomic E-state index is 0.0741. The molecule has 0 unspecified atom stereocenters. The molecule has 1 aromatic rings. The minimum atomic E-state index is -0.0741. The van der Waals surface area contributed by atoms with Crippen LogP contribution in [0.3, 0.4) is 0 Å². The van der Waals surface area contributed by atoms with Crippen molar-refractivity contribution in [1.82, 2.24) is 4.90 Å². The van der Waals surface area contributed by atoms with Crippen LogP contribution in [0.1, 0.15) is 24.4 Å². The molecule has 0 aliphatic carbocycles. The molecule has 0 aromatic carbocycles. The predicted octanol–water partition coefficient (Wildman–Crippen LogP) is 1.76. The monoisotopic (exact) mass is 167 g/mol. The Morgan fingerprint density at radius 2 is 2.25 bits per heavy atom. The van der Waals surface area contributed by atoms with E-state index in [9.17, 15) is 4.79 Å². The highest BCUT2D eigenvalue weighted by Gasteiger charge is 2.15.